The van der Waals surface area contributed by atoms with Crippen LogP contribution in [0.2, 0.25) is 0 Å². The minimum atomic E-state index is -0.113. The molecule has 0 radical (unpaired) electrons. The molecule has 0 aromatic carbocycles. The first-order chi connectivity index (χ1) is 8.74. The van der Waals surface area contributed by atoms with Crippen LogP contribution in [0.15, 0.2) is 11.7 Å². The number of hydrogen-bond donors (Lipinski definition) is 2. The molecule has 96 valence electrons. The van der Waals surface area contributed by atoms with Gasteiger partial charge in [-0.15, -0.1) is 11.3 Å². The first kappa shape index (κ1) is 11.9. The summed E-state index contributed by atoms with van der Waals surface area (Å²) in [5.41, 5.74) is 2.26. The summed E-state index contributed by atoms with van der Waals surface area (Å²) >= 11 is 1.69. The molecular formula is C13H17N3OS. The molecule has 1 saturated carbocycles. The second-order valence-electron chi connectivity index (χ2n) is 4.97. The van der Waals surface area contributed by atoms with Gasteiger partial charge in [0.05, 0.1) is 16.3 Å². The highest BCUT2D eigenvalue weighted by Crippen LogP contribution is 2.30. The van der Waals surface area contributed by atoms with Crippen molar-refractivity contribution in [3.63, 3.8) is 0 Å². The van der Waals surface area contributed by atoms with Crippen LogP contribution in [-0.4, -0.2) is 27.2 Å². The van der Waals surface area contributed by atoms with E-state index in [0.717, 1.165) is 41.7 Å². The highest BCUT2D eigenvalue weighted by atomic mass is 32.1. The molecule has 0 bridgehead atoms. The lowest BCUT2D eigenvalue weighted by Crippen LogP contribution is -2.28. The third-order valence-electron chi connectivity index (χ3n) is 3.57. The Morgan fingerprint density at radius 2 is 2.06 bits per heavy atom. The lowest BCUT2D eigenvalue weighted by atomic mass is 9.93. The smallest absolute Gasteiger partial charge is 0.147 e. The van der Waals surface area contributed by atoms with Gasteiger partial charge in [0.1, 0.15) is 12.1 Å². The Kier molecular flexibility index (Phi) is 3.18. The lowest BCUT2D eigenvalue weighted by Gasteiger charge is -2.26. The number of aryl methyl sites for hydroxylation is 1. The number of nitrogens with one attached hydrogen (secondary N) is 1. The topological polar surface area (TPSA) is 58.0 Å². The summed E-state index contributed by atoms with van der Waals surface area (Å²) in [5, 5.41) is 15.1. The van der Waals surface area contributed by atoms with Crippen LogP contribution in [0.5, 0.6) is 0 Å². The van der Waals surface area contributed by atoms with Crippen molar-refractivity contribution in [1.82, 2.24) is 9.97 Å². The van der Waals surface area contributed by atoms with E-state index >= 15 is 0 Å². The van der Waals surface area contributed by atoms with Crippen molar-refractivity contribution in [2.24, 2.45) is 0 Å². The second kappa shape index (κ2) is 4.82. The van der Waals surface area contributed by atoms with Gasteiger partial charge in [0.25, 0.3) is 0 Å². The van der Waals surface area contributed by atoms with Gasteiger partial charge in [0, 0.05) is 6.04 Å². The van der Waals surface area contributed by atoms with Crippen molar-refractivity contribution < 1.29 is 5.11 Å². The maximum Gasteiger partial charge on any atom is 0.147 e. The van der Waals surface area contributed by atoms with E-state index in [9.17, 15) is 5.11 Å². The fraction of sp³-hybridized carbons (Fsp3) is 0.538. The molecule has 2 aromatic rings. The minimum Gasteiger partial charge on any atom is -0.393 e. The molecule has 1 fully saturated rings. The first-order valence-corrected chi connectivity index (χ1v) is 7.25. The van der Waals surface area contributed by atoms with Gasteiger partial charge >= 0.3 is 0 Å². The molecule has 4 nitrogen and oxygen atoms in total. The Bertz CT molecular complexity index is 546. The lowest BCUT2D eigenvalue weighted by molar-refractivity contribution is 0.126. The number of rotatable bonds is 2. The summed E-state index contributed by atoms with van der Waals surface area (Å²) in [6.45, 7) is 2.08. The molecule has 0 unspecified atom stereocenters. The van der Waals surface area contributed by atoms with Crippen LogP contribution in [0, 0.1) is 6.92 Å². The van der Waals surface area contributed by atoms with Gasteiger partial charge in [-0.25, -0.2) is 9.97 Å². The number of aliphatic hydroxyl groups is 1. The SMILES string of the molecule is Cc1csc2c(NC3CCC(O)CC3)ncnc12. The predicted octanol–water partition coefficient (Wildman–Crippen LogP) is 2.72. The van der Waals surface area contributed by atoms with Crippen LogP contribution in [0.3, 0.4) is 0 Å². The molecule has 1 aliphatic carbocycles. The normalized spacial score (nSPS) is 24.3. The van der Waals surface area contributed by atoms with Crippen molar-refractivity contribution in [3.8, 4) is 0 Å². The molecule has 0 aliphatic heterocycles. The van der Waals surface area contributed by atoms with E-state index in [4.69, 9.17) is 0 Å². The third kappa shape index (κ3) is 2.20. The Labute approximate surface area is 110 Å². The van der Waals surface area contributed by atoms with Crippen molar-refractivity contribution >= 4 is 27.4 Å². The summed E-state index contributed by atoms with van der Waals surface area (Å²) < 4.78 is 1.14. The average molecular weight is 263 g/mol. The fourth-order valence-corrected chi connectivity index (χ4v) is 3.44. The van der Waals surface area contributed by atoms with E-state index < -0.39 is 0 Å². The fourth-order valence-electron chi connectivity index (χ4n) is 2.49. The zero-order chi connectivity index (χ0) is 12.5. The van der Waals surface area contributed by atoms with Crippen LogP contribution in [0.4, 0.5) is 5.82 Å². The summed E-state index contributed by atoms with van der Waals surface area (Å²) in [6, 6.07) is 0.425. The number of aromatic nitrogens is 2. The monoisotopic (exact) mass is 263 g/mol. The number of thiophene rings is 1. The van der Waals surface area contributed by atoms with Crippen LogP contribution < -0.4 is 5.32 Å². The molecule has 2 N–H and O–H groups in total. The first-order valence-electron chi connectivity index (χ1n) is 6.37. The Morgan fingerprint density at radius 3 is 2.83 bits per heavy atom. The van der Waals surface area contributed by atoms with Crippen LogP contribution in [0.25, 0.3) is 10.2 Å². The van der Waals surface area contributed by atoms with Crippen LogP contribution in [-0.2, 0) is 0 Å². The summed E-state index contributed by atoms with van der Waals surface area (Å²) in [6.07, 6.45) is 5.30. The van der Waals surface area contributed by atoms with Crippen molar-refractivity contribution in [1.29, 1.82) is 0 Å². The maximum atomic E-state index is 9.52. The predicted molar refractivity (Wildman–Crippen MR) is 74.0 cm³/mol. The molecule has 2 aromatic heterocycles. The van der Waals surface area contributed by atoms with E-state index in [2.05, 4.69) is 27.6 Å². The van der Waals surface area contributed by atoms with Gasteiger partial charge in [-0.05, 0) is 43.6 Å². The van der Waals surface area contributed by atoms with Gasteiger partial charge < -0.3 is 10.4 Å². The standard InChI is InChI=1S/C13H17N3OS/c1-8-6-18-12-11(8)14-7-15-13(12)16-9-2-4-10(17)5-3-9/h6-7,9-10,17H,2-5H2,1H3,(H,14,15,16). The zero-order valence-electron chi connectivity index (χ0n) is 10.4. The number of nitrogens with zero attached hydrogens (tertiary/aromatic N) is 2. The quantitative estimate of drug-likeness (QED) is 0.874. The van der Waals surface area contributed by atoms with Gasteiger partial charge in [0.15, 0.2) is 0 Å². The largest absolute Gasteiger partial charge is 0.393 e. The van der Waals surface area contributed by atoms with Crippen molar-refractivity contribution in [3.05, 3.63) is 17.3 Å². The molecule has 18 heavy (non-hydrogen) atoms. The highest BCUT2D eigenvalue weighted by molar-refractivity contribution is 7.18. The second-order valence-corrected chi connectivity index (χ2v) is 5.85. The Balaban J connectivity index is 1.82. The van der Waals surface area contributed by atoms with Gasteiger partial charge in [-0.2, -0.15) is 0 Å². The van der Waals surface area contributed by atoms with Gasteiger partial charge in [-0.1, -0.05) is 0 Å². The molecule has 2 heterocycles. The van der Waals surface area contributed by atoms with E-state index in [0.29, 0.717) is 6.04 Å². The van der Waals surface area contributed by atoms with E-state index in [1.807, 2.05) is 0 Å². The van der Waals surface area contributed by atoms with E-state index in [-0.39, 0.29) is 6.10 Å². The number of fused-ring (bicyclic) bond motifs is 1. The molecule has 3 rings (SSSR count). The van der Waals surface area contributed by atoms with Crippen LogP contribution >= 0.6 is 11.3 Å². The molecule has 5 heteroatoms. The third-order valence-corrected chi connectivity index (χ3v) is 4.66. The molecule has 0 atom stereocenters. The number of aliphatic hydroxyl groups excluding tert-OH is 1. The summed E-state index contributed by atoms with van der Waals surface area (Å²) in [7, 11) is 0. The highest BCUT2D eigenvalue weighted by Gasteiger charge is 2.20. The van der Waals surface area contributed by atoms with Crippen LogP contribution in [0.1, 0.15) is 31.2 Å². The van der Waals surface area contributed by atoms with E-state index in [1.165, 1.54) is 5.56 Å². The Hall–Kier alpha value is -1.20. The summed E-state index contributed by atoms with van der Waals surface area (Å²) in [4.78, 5) is 8.68. The molecular weight excluding hydrogens is 246 g/mol. The average Bonchev–Trinajstić information content (AvgIpc) is 2.76. The molecule has 0 saturated heterocycles. The molecule has 0 spiro atoms. The maximum absolute atomic E-state index is 9.52. The van der Waals surface area contributed by atoms with Crippen molar-refractivity contribution in [2.75, 3.05) is 5.32 Å². The van der Waals surface area contributed by atoms with E-state index in [1.54, 1.807) is 17.7 Å². The summed E-state index contributed by atoms with van der Waals surface area (Å²) in [5.74, 6) is 0.944. The number of hydrogen-bond acceptors (Lipinski definition) is 5. The molecule has 1 aliphatic rings. The Morgan fingerprint density at radius 1 is 1.28 bits per heavy atom. The zero-order valence-corrected chi connectivity index (χ0v) is 11.2. The minimum absolute atomic E-state index is 0.113. The van der Waals surface area contributed by atoms with Gasteiger partial charge in [-0.3, -0.25) is 0 Å². The van der Waals surface area contributed by atoms with Gasteiger partial charge in [0.2, 0.25) is 0 Å². The van der Waals surface area contributed by atoms with Crippen molar-refractivity contribution in [2.45, 2.75) is 44.8 Å². The number of anilines is 1. The molecule has 0 amide bonds.